The van der Waals surface area contributed by atoms with Crippen molar-refractivity contribution in [2.24, 2.45) is 0 Å². The summed E-state index contributed by atoms with van der Waals surface area (Å²) in [6.45, 7) is 1.39. The van der Waals surface area contributed by atoms with Crippen LogP contribution in [0.2, 0.25) is 0 Å². The minimum Gasteiger partial charge on any atom is -0.339 e. The lowest BCUT2D eigenvalue weighted by Crippen LogP contribution is -2.38. The molecule has 4 rings (SSSR count). The van der Waals surface area contributed by atoms with Gasteiger partial charge in [-0.05, 0) is 43.2 Å². The topological polar surface area (TPSA) is 59.0 Å². The van der Waals surface area contributed by atoms with Crippen molar-refractivity contribution < 1.29 is 9.18 Å². The van der Waals surface area contributed by atoms with Gasteiger partial charge in [0.2, 0.25) is 0 Å². The number of hydrogen-bond acceptors (Lipinski definition) is 4. The molecule has 0 N–H and O–H groups in total. The van der Waals surface area contributed by atoms with Gasteiger partial charge in [0.1, 0.15) is 12.1 Å². The summed E-state index contributed by atoms with van der Waals surface area (Å²) in [4.78, 5) is 27.2. The Balaban J connectivity index is 1.41. The monoisotopic (exact) mass is 362 g/mol. The first-order valence-electron chi connectivity index (χ1n) is 8.98. The summed E-state index contributed by atoms with van der Waals surface area (Å²) < 4.78 is 13.4. The third-order valence-electron chi connectivity index (χ3n) is 4.94. The molecule has 0 spiro atoms. The molecular weight excluding hydrogens is 343 g/mol. The van der Waals surface area contributed by atoms with Gasteiger partial charge in [-0.25, -0.2) is 14.4 Å². The second kappa shape index (κ2) is 7.61. The lowest BCUT2D eigenvalue weighted by Gasteiger charge is -2.31. The molecule has 27 heavy (non-hydrogen) atoms. The second-order valence-electron chi connectivity index (χ2n) is 6.64. The maximum Gasteiger partial charge on any atom is 0.255 e. The van der Waals surface area contributed by atoms with E-state index in [1.54, 1.807) is 43.0 Å². The summed E-state index contributed by atoms with van der Waals surface area (Å²) in [5.41, 5.74) is 2.93. The van der Waals surface area contributed by atoms with Gasteiger partial charge in [0, 0.05) is 42.7 Å². The van der Waals surface area contributed by atoms with Crippen molar-refractivity contribution in [1.82, 2.24) is 19.9 Å². The summed E-state index contributed by atoms with van der Waals surface area (Å²) in [5, 5.41) is 0. The summed E-state index contributed by atoms with van der Waals surface area (Å²) in [6.07, 6.45) is 6.67. The van der Waals surface area contributed by atoms with Crippen LogP contribution in [-0.2, 0) is 0 Å². The Hall–Kier alpha value is -3.15. The molecule has 0 aliphatic carbocycles. The Bertz CT molecular complexity index is 922. The Kier molecular flexibility index (Phi) is 4.87. The molecule has 1 amide bonds. The van der Waals surface area contributed by atoms with Gasteiger partial charge in [-0.1, -0.05) is 12.1 Å². The number of likely N-dealkylation sites (tertiary alicyclic amines) is 1. The van der Waals surface area contributed by atoms with Crippen LogP contribution in [0.4, 0.5) is 4.39 Å². The first-order valence-corrected chi connectivity index (χ1v) is 8.98. The van der Waals surface area contributed by atoms with E-state index in [1.807, 2.05) is 11.0 Å². The zero-order valence-corrected chi connectivity index (χ0v) is 14.8. The van der Waals surface area contributed by atoms with Gasteiger partial charge in [0.25, 0.3) is 5.91 Å². The molecule has 0 atom stereocenters. The van der Waals surface area contributed by atoms with E-state index in [0.29, 0.717) is 35.8 Å². The van der Waals surface area contributed by atoms with E-state index in [4.69, 9.17) is 0 Å². The smallest absolute Gasteiger partial charge is 0.255 e. The normalized spacial score (nSPS) is 14.9. The van der Waals surface area contributed by atoms with E-state index >= 15 is 0 Å². The predicted octanol–water partition coefficient (Wildman–Crippen LogP) is 3.70. The van der Waals surface area contributed by atoms with Crippen molar-refractivity contribution in [3.05, 3.63) is 78.3 Å². The third-order valence-corrected chi connectivity index (χ3v) is 4.94. The molecule has 0 unspecified atom stereocenters. The predicted molar refractivity (Wildman–Crippen MR) is 99.5 cm³/mol. The first kappa shape index (κ1) is 17.3. The zero-order valence-electron chi connectivity index (χ0n) is 14.8. The molecule has 5 nitrogen and oxygen atoms in total. The molecular formula is C21H19FN4O. The number of rotatable bonds is 3. The van der Waals surface area contributed by atoms with Crippen molar-refractivity contribution in [3.63, 3.8) is 0 Å². The van der Waals surface area contributed by atoms with Gasteiger partial charge in [0.15, 0.2) is 0 Å². The molecule has 0 bridgehead atoms. The molecule has 1 aromatic carbocycles. The standard InChI is InChI=1S/C21H19FN4O/c22-18-3-1-2-16(12-18)19-5-4-17(13-24-19)21(27)26-10-7-15(8-11-26)20-6-9-23-14-25-20/h1-6,9,12-15H,7-8,10-11H2. The van der Waals surface area contributed by atoms with Crippen molar-refractivity contribution in [3.8, 4) is 11.3 Å². The number of pyridine rings is 1. The molecule has 0 saturated carbocycles. The lowest BCUT2D eigenvalue weighted by atomic mass is 9.93. The Morgan fingerprint density at radius 3 is 2.59 bits per heavy atom. The number of carbonyl (C=O) groups is 1. The minimum absolute atomic E-state index is 0.0190. The van der Waals surface area contributed by atoms with Gasteiger partial charge in [0.05, 0.1) is 11.3 Å². The SMILES string of the molecule is O=C(c1ccc(-c2cccc(F)c2)nc1)N1CCC(c2ccncn2)CC1. The molecule has 136 valence electrons. The number of carbonyl (C=O) groups excluding carboxylic acids is 1. The van der Waals surface area contributed by atoms with E-state index in [9.17, 15) is 9.18 Å². The molecule has 6 heteroatoms. The van der Waals surface area contributed by atoms with Crippen molar-refractivity contribution in [1.29, 1.82) is 0 Å². The lowest BCUT2D eigenvalue weighted by molar-refractivity contribution is 0.0711. The van der Waals surface area contributed by atoms with E-state index in [-0.39, 0.29) is 11.7 Å². The summed E-state index contributed by atoms with van der Waals surface area (Å²) in [6, 6.07) is 11.7. The quantitative estimate of drug-likeness (QED) is 0.713. The largest absolute Gasteiger partial charge is 0.339 e. The number of nitrogens with zero attached hydrogens (tertiary/aromatic N) is 4. The molecule has 1 fully saturated rings. The van der Waals surface area contributed by atoms with Gasteiger partial charge in [-0.15, -0.1) is 0 Å². The average Bonchev–Trinajstić information content (AvgIpc) is 2.74. The van der Waals surface area contributed by atoms with Crippen molar-refractivity contribution in [2.45, 2.75) is 18.8 Å². The molecule has 3 aromatic rings. The van der Waals surface area contributed by atoms with Crippen LogP contribution in [0.15, 0.2) is 61.2 Å². The van der Waals surface area contributed by atoms with Crippen molar-refractivity contribution in [2.75, 3.05) is 13.1 Å². The molecule has 3 heterocycles. The van der Waals surface area contributed by atoms with Gasteiger partial charge in [-0.2, -0.15) is 0 Å². The average molecular weight is 362 g/mol. The zero-order chi connectivity index (χ0) is 18.6. The summed E-state index contributed by atoms with van der Waals surface area (Å²) in [7, 11) is 0. The molecule has 1 aliphatic heterocycles. The van der Waals surface area contributed by atoms with Crippen LogP contribution >= 0.6 is 0 Å². The Morgan fingerprint density at radius 1 is 1.07 bits per heavy atom. The van der Waals surface area contributed by atoms with E-state index in [1.165, 1.54) is 12.1 Å². The number of halogens is 1. The van der Waals surface area contributed by atoms with Crippen LogP contribution in [0.25, 0.3) is 11.3 Å². The molecule has 1 saturated heterocycles. The first-order chi connectivity index (χ1) is 13.2. The van der Waals surface area contributed by atoms with E-state index < -0.39 is 0 Å². The number of hydrogen-bond donors (Lipinski definition) is 0. The van der Waals surface area contributed by atoms with Crippen molar-refractivity contribution >= 4 is 5.91 Å². The Morgan fingerprint density at radius 2 is 1.93 bits per heavy atom. The number of piperidine rings is 1. The molecule has 0 radical (unpaired) electrons. The van der Waals surface area contributed by atoms with Crippen LogP contribution in [0, 0.1) is 5.82 Å². The highest BCUT2D eigenvalue weighted by Crippen LogP contribution is 2.27. The highest BCUT2D eigenvalue weighted by atomic mass is 19.1. The highest BCUT2D eigenvalue weighted by molar-refractivity contribution is 5.94. The maximum atomic E-state index is 13.4. The summed E-state index contributed by atoms with van der Waals surface area (Å²) in [5.74, 6) is 0.0426. The van der Waals surface area contributed by atoms with Crippen LogP contribution in [0.1, 0.15) is 34.8 Å². The number of aromatic nitrogens is 3. The van der Waals surface area contributed by atoms with Crippen LogP contribution in [0.5, 0.6) is 0 Å². The third kappa shape index (κ3) is 3.84. The van der Waals surface area contributed by atoms with Crippen LogP contribution in [-0.4, -0.2) is 38.8 Å². The van der Waals surface area contributed by atoms with Crippen LogP contribution < -0.4 is 0 Å². The number of benzene rings is 1. The molecule has 2 aromatic heterocycles. The number of amides is 1. The highest BCUT2D eigenvalue weighted by Gasteiger charge is 2.25. The maximum absolute atomic E-state index is 13.4. The minimum atomic E-state index is -0.305. The fourth-order valence-electron chi connectivity index (χ4n) is 3.44. The summed E-state index contributed by atoms with van der Waals surface area (Å²) >= 11 is 0. The fraction of sp³-hybridized carbons (Fsp3) is 0.238. The van der Waals surface area contributed by atoms with E-state index in [0.717, 1.165) is 18.5 Å². The van der Waals surface area contributed by atoms with Crippen LogP contribution in [0.3, 0.4) is 0 Å². The second-order valence-corrected chi connectivity index (χ2v) is 6.64. The van der Waals surface area contributed by atoms with Gasteiger partial charge < -0.3 is 4.90 Å². The fourth-order valence-corrected chi connectivity index (χ4v) is 3.44. The van der Waals surface area contributed by atoms with Gasteiger partial charge >= 0.3 is 0 Å². The van der Waals surface area contributed by atoms with Gasteiger partial charge in [-0.3, -0.25) is 9.78 Å². The Labute approximate surface area is 156 Å². The van der Waals surface area contributed by atoms with E-state index in [2.05, 4.69) is 15.0 Å². The molecule has 1 aliphatic rings.